The monoisotopic (exact) mass is 280 g/mol. The minimum Gasteiger partial charge on any atom is -0.486 e. The lowest BCUT2D eigenvalue weighted by Gasteiger charge is -2.36. The molecule has 2 aliphatic heterocycles. The van der Waals surface area contributed by atoms with E-state index in [1.807, 2.05) is 6.07 Å². The van der Waals surface area contributed by atoms with E-state index in [4.69, 9.17) is 16.3 Å². The van der Waals surface area contributed by atoms with Gasteiger partial charge in [-0.3, -0.25) is 4.90 Å². The van der Waals surface area contributed by atoms with Gasteiger partial charge in [-0.1, -0.05) is 17.7 Å². The van der Waals surface area contributed by atoms with Crippen LogP contribution in [0.25, 0.3) is 0 Å². The summed E-state index contributed by atoms with van der Waals surface area (Å²) in [5.41, 5.74) is 1.29. The lowest BCUT2D eigenvalue weighted by Crippen LogP contribution is -2.51. The van der Waals surface area contributed by atoms with E-state index in [1.165, 1.54) is 18.4 Å². The van der Waals surface area contributed by atoms with Crippen molar-refractivity contribution in [3.63, 3.8) is 0 Å². The number of likely N-dealkylation sites (tertiary alicyclic amines) is 1. The Labute approximate surface area is 119 Å². The predicted octanol–water partition coefficient (Wildman–Crippen LogP) is 2.33. The van der Waals surface area contributed by atoms with Gasteiger partial charge in [-0.2, -0.15) is 0 Å². The maximum absolute atomic E-state index is 6.32. The van der Waals surface area contributed by atoms with Crippen molar-refractivity contribution in [1.82, 2.24) is 10.2 Å². The predicted molar refractivity (Wildman–Crippen MR) is 78.1 cm³/mol. The molecule has 0 spiro atoms. The minimum absolute atomic E-state index is 0.296. The van der Waals surface area contributed by atoms with Gasteiger partial charge in [0.2, 0.25) is 0 Å². The highest BCUT2D eigenvalue weighted by Gasteiger charge is 2.25. The van der Waals surface area contributed by atoms with E-state index < -0.39 is 0 Å². The first kappa shape index (κ1) is 13.2. The summed E-state index contributed by atoms with van der Waals surface area (Å²) >= 11 is 6.32. The Morgan fingerprint density at radius 2 is 2.26 bits per heavy atom. The standard InChI is InChI=1S/C15H21ClN2O/c1-18-9-13(10-18)19-15-5-4-11(8-14(15)16)7-12-3-2-6-17-12/h4-5,8,12-13,17H,2-3,6-7,9-10H2,1H3. The molecule has 104 valence electrons. The van der Waals surface area contributed by atoms with E-state index in [0.717, 1.165) is 36.8 Å². The number of ether oxygens (including phenoxy) is 1. The van der Waals surface area contributed by atoms with Crippen LogP contribution in [0, 0.1) is 0 Å². The summed E-state index contributed by atoms with van der Waals surface area (Å²) in [5, 5.41) is 4.26. The molecule has 4 heteroatoms. The molecule has 1 N–H and O–H groups in total. The Kier molecular flexibility index (Phi) is 3.96. The highest BCUT2D eigenvalue weighted by Crippen LogP contribution is 2.28. The van der Waals surface area contributed by atoms with Gasteiger partial charge in [0.05, 0.1) is 5.02 Å². The van der Waals surface area contributed by atoms with Gasteiger partial charge >= 0.3 is 0 Å². The van der Waals surface area contributed by atoms with Crippen molar-refractivity contribution >= 4 is 11.6 Å². The summed E-state index contributed by atoms with van der Waals surface area (Å²) in [4.78, 5) is 2.23. The van der Waals surface area contributed by atoms with Gasteiger partial charge in [0, 0.05) is 19.1 Å². The number of hydrogen-bond donors (Lipinski definition) is 1. The van der Waals surface area contributed by atoms with E-state index >= 15 is 0 Å². The molecular weight excluding hydrogens is 260 g/mol. The zero-order chi connectivity index (χ0) is 13.2. The molecule has 0 bridgehead atoms. The van der Waals surface area contributed by atoms with Crippen LogP contribution in [-0.4, -0.2) is 43.7 Å². The molecule has 2 fully saturated rings. The van der Waals surface area contributed by atoms with Gasteiger partial charge in [-0.15, -0.1) is 0 Å². The second-order valence-corrected chi connectivity index (χ2v) is 6.13. The molecule has 0 amide bonds. The lowest BCUT2D eigenvalue weighted by molar-refractivity contribution is 0.0389. The molecule has 0 radical (unpaired) electrons. The van der Waals surface area contributed by atoms with E-state index in [0.29, 0.717) is 12.1 Å². The van der Waals surface area contributed by atoms with E-state index in [-0.39, 0.29) is 0 Å². The molecular formula is C15H21ClN2O. The van der Waals surface area contributed by atoms with Gasteiger partial charge in [0.15, 0.2) is 0 Å². The summed E-state index contributed by atoms with van der Waals surface area (Å²) in [6.07, 6.45) is 3.91. The van der Waals surface area contributed by atoms with Gasteiger partial charge in [-0.05, 0) is 50.6 Å². The zero-order valence-electron chi connectivity index (χ0n) is 11.4. The van der Waals surface area contributed by atoms with Crippen LogP contribution in [0.1, 0.15) is 18.4 Å². The van der Waals surface area contributed by atoms with Gasteiger partial charge in [0.1, 0.15) is 11.9 Å². The summed E-state index contributed by atoms with van der Waals surface area (Å²) in [6.45, 7) is 3.13. The van der Waals surface area contributed by atoms with Crippen LogP contribution >= 0.6 is 11.6 Å². The molecule has 1 aromatic carbocycles. The van der Waals surface area contributed by atoms with Crippen LogP contribution in [0.5, 0.6) is 5.75 Å². The van der Waals surface area contributed by atoms with Crippen molar-refractivity contribution in [2.24, 2.45) is 0 Å². The normalized spacial score (nSPS) is 24.4. The number of nitrogens with zero attached hydrogens (tertiary/aromatic N) is 1. The maximum Gasteiger partial charge on any atom is 0.138 e. The van der Waals surface area contributed by atoms with Crippen LogP contribution in [0.2, 0.25) is 5.02 Å². The fourth-order valence-corrected chi connectivity index (χ4v) is 3.13. The molecule has 3 rings (SSSR count). The third kappa shape index (κ3) is 3.22. The molecule has 0 aromatic heterocycles. The van der Waals surface area contributed by atoms with Crippen molar-refractivity contribution in [3.8, 4) is 5.75 Å². The fraction of sp³-hybridized carbons (Fsp3) is 0.600. The quantitative estimate of drug-likeness (QED) is 0.916. The number of rotatable bonds is 4. The number of nitrogens with one attached hydrogen (secondary N) is 1. The molecule has 19 heavy (non-hydrogen) atoms. The largest absolute Gasteiger partial charge is 0.486 e. The topological polar surface area (TPSA) is 24.5 Å². The van der Waals surface area contributed by atoms with Gasteiger partial charge < -0.3 is 10.1 Å². The van der Waals surface area contributed by atoms with Crippen molar-refractivity contribution < 1.29 is 4.74 Å². The van der Waals surface area contributed by atoms with Crippen LogP contribution in [0.3, 0.4) is 0 Å². The Bertz CT molecular complexity index is 440. The molecule has 0 saturated carbocycles. The van der Waals surface area contributed by atoms with Gasteiger partial charge in [0.25, 0.3) is 0 Å². The summed E-state index contributed by atoms with van der Waals surface area (Å²) < 4.78 is 5.89. The average Bonchev–Trinajstić information content (AvgIpc) is 2.83. The molecule has 2 saturated heterocycles. The molecule has 1 aromatic rings. The number of hydrogen-bond acceptors (Lipinski definition) is 3. The van der Waals surface area contributed by atoms with Crippen molar-refractivity contribution in [2.75, 3.05) is 26.7 Å². The first-order valence-corrected chi connectivity index (χ1v) is 7.45. The van der Waals surface area contributed by atoms with E-state index in [1.54, 1.807) is 0 Å². The number of benzene rings is 1. The second kappa shape index (κ2) is 5.70. The van der Waals surface area contributed by atoms with Gasteiger partial charge in [-0.25, -0.2) is 0 Å². The average molecular weight is 281 g/mol. The smallest absolute Gasteiger partial charge is 0.138 e. The minimum atomic E-state index is 0.296. The molecule has 2 aliphatic rings. The molecule has 0 aliphatic carbocycles. The maximum atomic E-state index is 6.32. The van der Waals surface area contributed by atoms with E-state index in [2.05, 4.69) is 29.4 Å². The third-order valence-corrected chi connectivity index (χ3v) is 4.26. The van der Waals surface area contributed by atoms with Crippen molar-refractivity contribution in [1.29, 1.82) is 0 Å². The Hall–Kier alpha value is -0.770. The Morgan fingerprint density at radius 3 is 2.89 bits per heavy atom. The molecule has 3 nitrogen and oxygen atoms in total. The van der Waals surface area contributed by atoms with Crippen molar-refractivity contribution in [3.05, 3.63) is 28.8 Å². The summed E-state index contributed by atoms with van der Waals surface area (Å²) in [5.74, 6) is 0.822. The molecule has 1 atom stereocenters. The summed E-state index contributed by atoms with van der Waals surface area (Å²) in [7, 11) is 2.10. The number of likely N-dealkylation sites (N-methyl/N-ethyl adjacent to an activating group) is 1. The lowest BCUT2D eigenvalue weighted by atomic mass is 10.0. The zero-order valence-corrected chi connectivity index (χ0v) is 12.1. The highest BCUT2D eigenvalue weighted by molar-refractivity contribution is 6.32. The van der Waals surface area contributed by atoms with Crippen LogP contribution in [-0.2, 0) is 6.42 Å². The fourth-order valence-electron chi connectivity index (χ4n) is 2.88. The second-order valence-electron chi connectivity index (χ2n) is 5.72. The highest BCUT2D eigenvalue weighted by atomic mass is 35.5. The molecule has 2 heterocycles. The Balaban J connectivity index is 1.60. The van der Waals surface area contributed by atoms with E-state index in [9.17, 15) is 0 Å². The van der Waals surface area contributed by atoms with Crippen LogP contribution in [0.4, 0.5) is 0 Å². The van der Waals surface area contributed by atoms with Crippen LogP contribution in [0.15, 0.2) is 18.2 Å². The summed E-state index contributed by atoms with van der Waals surface area (Å²) in [6, 6.07) is 6.83. The third-order valence-electron chi connectivity index (χ3n) is 3.97. The number of halogens is 1. The van der Waals surface area contributed by atoms with Crippen molar-refractivity contribution in [2.45, 2.75) is 31.4 Å². The van der Waals surface area contributed by atoms with Crippen LogP contribution < -0.4 is 10.1 Å². The SMILES string of the molecule is CN1CC(Oc2ccc(CC3CCCN3)cc2Cl)C1. The first-order valence-electron chi connectivity index (χ1n) is 7.08. The Morgan fingerprint density at radius 1 is 1.42 bits per heavy atom. The first-order chi connectivity index (χ1) is 9.20. The molecule has 1 unspecified atom stereocenters.